The zero-order valence-electron chi connectivity index (χ0n) is 8.56. The van der Waals surface area contributed by atoms with Crippen molar-refractivity contribution < 1.29 is 15.7 Å². The fourth-order valence-corrected chi connectivity index (χ4v) is 3.44. The molecule has 0 atom stereocenters. The van der Waals surface area contributed by atoms with Gasteiger partial charge in [0.2, 0.25) is 0 Å². The van der Waals surface area contributed by atoms with Crippen molar-refractivity contribution >= 4 is 24.1 Å². The van der Waals surface area contributed by atoms with Crippen LogP contribution in [0.1, 0.15) is 15.9 Å². The minimum absolute atomic E-state index is 0.0873. The summed E-state index contributed by atoms with van der Waals surface area (Å²) < 4.78 is 26.8. The van der Waals surface area contributed by atoms with Crippen molar-refractivity contribution in [3.8, 4) is 0 Å². The Kier molecular flexibility index (Phi) is 3.83. The zero-order valence-corrected chi connectivity index (χ0v) is 10.9. The Balaban J connectivity index is 2.86. The van der Waals surface area contributed by atoms with E-state index in [1.165, 1.54) is 12.1 Å². The van der Waals surface area contributed by atoms with Crippen LogP contribution in [0.4, 0.5) is 0 Å². The third-order valence-corrected chi connectivity index (χ3v) is 4.25. The van der Waals surface area contributed by atoms with Gasteiger partial charge in [-0.05, 0) is 0 Å². The predicted molar refractivity (Wildman–Crippen MR) is 54.5 cm³/mol. The van der Waals surface area contributed by atoms with Crippen molar-refractivity contribution in [2.75, 3.05) is 7.11 Å². The molecule has 0 heterocycles. The van der Waals surface area contributed by atoms with E-state index < -0.39 is 24.1 Å². The van der Waals surface area contributed by atoms with Crippen LogP contribution in [-0.4, -0.2) is 31.2 Å². The van der Waals surface area contributed by atoms with Gasteiger partial charge in [-0.3, -0.25) is 0 Å². The Bertz CT molecular complexity index is 445. The Hall–Kier alpha value is -0.920. The Morgan fingerprint density at radius 3 is 2.20 bits per heavy atom. The Labute approximate surface area is 91.8 Å². The van der Waals surface area contributed by atoms with Crippen molar-refractivity contribution in [3.63, 3.8) is 0 Å². The monoisotopic (exact) mass is 326 g/mol. The SMILES string of the molecule is COC(=O)c1ccc(C[Te](C)(=O)=O)cc1. The molecule has 0 spiro atoms. The van der Waals surface area contributed by atoms with Crippen LogP contribution in [0.25, 0.3) is 0 Å². The number of benzene rings is 1. The molecule has 0 unspecified atom stereocenters. The maximum absolute atomic E-state index is 11.1. The minimum atomic E-state index is -4.06. The average Bonchev–Trinajstić information content (AvgIpc) is 2.15. The summed E-state index contributed by atoms with van der Waals surface area (Å²) in [6, 6.07) is 6.39. The van der Waals surface area contributed by atoms with Crippen molar-refractivity contribution in [1.29, 1.82) is 0 Å². The van der Waals surface area contributed by atoms with Crippen molar-refractivity contribution in [1.82, 2.24) is 0 Å². The summed E-state index contributed by atoms with van der Waals surface area (Å²) in [5, 5.41) is 0. The van der Waals surface area contributed by atoms with Crippen LogP contribution in [-0.2, 0) is 15.4 Å². The second kappa shape index (κ2) is 4.73. The van der Waals surface area contributed by atoms with Crippen LogP contribution in [0, 0.1) is 0 Å². The summed E-state index contributed by atoms with van der Waals surface area (Å²) in [5.74, 6) is -0.421. The fraction of sp³-hybridized carbons (Fsp3) is 0.300. The first-order valence-corrected chi connectivity index (χ1v) is 10.2. The number of hydrogen-bond donors (Lipinski definition) is 0. The summed E-state index contributed by atoms with van der Waals surface area (Å²) in [6.45, 7) is 0. The molecule has 0 fully saturated rings. The molecule has 0 aromatic heterocycles. The molecule has 1 aromatic carbocycles. The molecule has 0 saturated heterocycles. The summed E-state index contributed by atoms with van der Waals surface area (Å²) in [5.41, 5.74) is 1.13. The van der Waals surface area contributed by atoms with Gasteiger partial charge >= 0.3 is 91.8 Å². The van der Waals surface area contributed by atoms with Crippen LogP contribution in [0.2, 0.25) is 4.97 Å². The van der Waals surface area contributed by atoms with Crippen molar-refractivity contribution in [2.24, 2.45) is 0 Å². The first-order valence-electron chi connectivity index (χ1n) is 4.27. The molecule has 0 aliphatic carbocycles. The van der Waals surface area contributed by atoms with Gasteiger partial charge in [0.05, 0.1) is 0 Å². The number of ether oxygens (including phenoxy) is 1. The Morgan fingerprint density at radius 1 is 1.27 bits per heavy atom. The van der Waals surface area contributed by atoms with Gasteiger partial charge in [0.25, 0.3) is 0 Å². The molecule has 15 heavy (non-hydrogen) atoms. The maximum atomic E-state index is 11.1. The van der Waals surface area contributed by atoms with E-state index in [0.29, 0.717) is 11.1 Å². The number of hydrogen-bond acceptors (Lipinski definition) is 4. The van der Waals surface area contributed by atoms with Crippen LogP contribution in [0.15, 0.2) is 24.3 Å². The van der Waals surface area contributed by atoms with E-state index in [1.807, 2.05) is 0 Å². The predicted octanol–water partition coefficient (Wildman–Crippen LogP) is 1.49. The molecule has 82 valence electrons. The molecule has 0 aliphatic heterocycles. The molecule has 1 rings (SSSR count). The van der Waals surface area contributed by atoms with Crippen LogP contribution in [0.3, 0.4) is 0 Å². The van der Waals surface area contributed by atoms with E-state index in [9.17, 15) is 11.0 Å². The number of methoxy groups -OCH3 is 1. The number of carbonyl (C=O) groups is 1. The third kappa shape index (κ3) is 3.98. The van der Waals surface area contributed by atoms with Gasteiger partial charge in [-0.15, -0.1) is 0 Å². The van der Waals surface area contributed by atoms with Gasteiger partial charge in [0.15, 0.2) is 0 Å². The van der Waals surface area contributed by atoms with Gasteiger partial charge in [0, 0.05) is 0 Å². The number of esters is 1. The normalized spacial score (nSPS) is 11.1. The van der Waals surface area contributed by atoms with E-state index in [-0.39, 0.29) is 4.47 Å². The topological polar surface area (TPSA) is 60.4 Å². The van der Waals surface area contributed by atoms with Gasteiger partial charge in [-0.2, -0.15) is 0 Å². The number of rotatable bonds is 3. The van der Waals surface area contributed by atoms with E-state index in [1.54, 1.807) is 24.3 Å². The van der Waals surface area contributed by atoms with Gasteiger partial charge < -0.3 is 0 Å². The summed E-state index contributed by atoms with van der Waals surface area (Å²) in [4.78, 5) is 12.4. The molecular weight excluding hydrogens is 312 g/mol. The summed E-state index contributed by atoms with van der Waals surface area (Å²) in [7, 11) is 1.30. The molecule has 0 bridgehead atoms. The molecule has 0 aliphatic rings. The van der Waals surface area contributed by atoms with Crippen LogP contribution < -0.4 is 0 Å². The molecule has 0 N–H and O–H groups in total. The molecule has 0 amide bonds. The summed E-state index contributed by atoms with van der Waals surface area (Å²) >= 11 is -4.06. The van der Waals surface area contributed by atoms with Crippen molar-refractivity contribution in [2.45, 2.75) is 9.44 Å². The van der Waals surface area contributed by atoms with Crippen molar-refractivity contribution in [3.05, 3.63) is 35.4 Å². The van der Waals surface area contributed by atoms with E-state index in [2.05, 4.69) is 4.74 Å². The molecule has 1 aromatic rings. The van der Waals surface area contributed by atoms with Crippen LogP contribution in [0.5, 0.6) is 0 Å². The zero-order chi connectivity index (χ0) is 11.5. The molecule has 0 radical (unpaired) electrons. The quantitative estimate of drug-likeness (QED) is 0.624. The fourth-order valence-electron chi connectivity index (χ4n) is 1.16. The second-order valence-electron chi connectivity index (χ2n) is 3.26. The third-order valence-electron chi connectivity index (χ3n) is 1.80. The Morgan fingerprint density at radius 2 is 1.80 bits per heavy atom. The molecule has 4 nitrogen and oxygen atoms in total. The first-order chi connectivity index (χ1) is 6.92. The van der Waals surface area contributed by atoms with Gasteiger partial charge in [0.1, 0.15) is 0 Å². The molecule has 0 saturated carbocycles. The number of carbonyl (C=O) groups excluding carboxylic acids is 1. The van der Waals surface area contributed by atoms with E-state index >= 15 is 0 Å². The van der Waals surface area contributed by atoms with Gasteiger partial charge in [-0.25, -0.2) is 0 Å². The van der Waals surface area contributed by atoms with E-state index in [0.717, 1.165) is 0 Å². The standard InChI is InChI=1S/C10H12O4Te/c1-14-10(11)9-5-3-8(4-6-9)7-15(2,12)13/h3-6H,7H2,1-2H3. The van der Waals surface area contributed by atoms with Gasteiger partial charge in [-0.1, -0.05) is 0 Å². The van der Waals surface area contributed by atoms with E-state index in [4.69, 9.17) is 0 Å². The molecular formula is C10H12O4Te. The first kappa shape index (κ1) is 12.2. The van der Waals surface area contributed by atoms with Crippen LogP contribution >= 0.6 is 0 Å². The second-order valence-corrected chi connectivity index (χ2v) is 9.37. The average molecular weight is 324 g/mol. The molecule has 5 heteroatoms. The summed E-state index contributed by atoms with van der Waals surface area (Å²) in [6.07, 6.45) is 0.